The van der Waals surface area contributed by atoms with Crippen molar-refractivity contribution >= 4 is 27.5 Å². The lowest BCUT2D eigenvalue weighted by Crippen LogP contribution is -2.04. The van der Waals surface area contributed by atoms with E-state index in [1.807, 2.05) is 6.20 Å². The Labute approximate surface area is 86.5 Å². The van der Waals surface area contributed by atoms with Gasteiger partial charge < -0.3 is 0 Å². The van der Waals surface area contributed by atoms with Crippen molar-refractivity contribution in [3.05, 3.63) is 17.1 Å². The molecule has 0 radical (unpaired) electrons. The molecule has 0 saturated carbocycles. The molecule has 1 nitrogen and oxygen atoms in total. The maximum atomic E-state index is 4.10. The highest BCUT2D eigenvalue weighted by Crippen LogP contribution is 2.18. The first-order chi connectivity index (χ1) is 5.86. The Hall–Kier alpha value is 0.110. The monoisotopic (exact) mass is 247 g/mol. The van der Waals surface area contributed by atoms with Gasteiger partial charge in [0.2, 0.25) is 0 Å². The van der Waals surface area contributed by atoms with E-state index in [0.29, 0.717) is 0 Å². The number of hydrogen-bond acceptors (Lipinski definition) is 2. The van der Waals surface area contributed by atoms with Gasteiger partial charge in [0, 0.05) is 16.4 Å². The van der Waals surface area contributed by atoms with Crippen molar-refractivity contribution in [1.82, 2.24) is 4.37 Å². The van der Waals surface area contributed by atoms with Gasteiger partial charge in [0.1, 0.15) is 0 Å². The fraction of sp³-hybridized carbons (Fsp3) is 0.667. The van der Waals surface area contributed by atoms with Crippen LogP contribution < -0.4 is 0 Å². The van der Waals surface area contributed by atoms with Gasteiger partial charge in [0.05, 0.1) is 0 Å². The molecule has 1 unspecified atom stereocenters. The Kier molecular flexibility index (Phi) is 4.84. The lowest BCUT2D eigenvalue weighted by Gasteiger charge is -2.10. The molecule has 1 atom stereocenters. The molecule has 0 bridgehead atoms. The molecule has 1 aromatic heterocycles. The van der Waals surface area contributed by atoms with E-state index in [9.17, 15) is 0 Å². The zero-order valence-electron chi connectivity index (χ0n) is 7.29. The first-order valence-corrected chi connectivity index (χ1v) is 6.21. The van der Waals surface area contributed by atoms with Crippen LogP contribution in [0.4, 0.5) is 0 Å². The van der Waals surface area contributed by atoms with Crippen LogP contribution in [0.1, 0.15) is 24.6 Å². The maximum Gasteiger partial charge on any atom is 0.0409 e. The molecule has 0 aliphatic carbocycles. The van der Waals surface area contributed by atoms with Crippen molar-refractivity contribution in [3.63, 3.8) is 0 Å². The van der Waals surface area contributed by atoms with Crippen LogP contribution >= 0.6 is 27.5 Å². The number of rotatable bonds is 5. The predicted molar refractivity (Wildman–Crippen MR) is 58.0 cm³/mol. The average Bonchev–Trinajstić information content (AvgIpc) is 2.56. The quantitative estimate of drug-likeness (QED) is 0.727. The third kappa shape index (κ3) is 3.23. The van der Waals surface area contributed by atoms with Gasteiger partial charge in [-0.05, 0) is 36.4 Å². The van der Waals surface area contributed by atoms with Crippen molar-refractivity contribution in [2.24, 2.45) is 5.92 Å². The highest BCUT2D eigenvalue weighted by atomic mass is 79.9. The van der Waals surface area contributed by atoms with Gasteiger partial charge >= 0.3 is 0 Å². The highest BCUT2D eigenvalue weighted by molar-refractivity contribution is 9.09. The minimum atomic E-state index is 0.787. The summed E-state index contributed by atoms with van der Waals surface area (Å²) in [5.74, 6) is 0.787. The van der Waals surface area contributed by atoms with Crippen LogP contribution in [0.25, 0.3) is 0 Å². The fourth-order valence-electron chi connectivity index (χ4n) is 1.27. The summed E-state index contributed by atoms with van der Waals surface area (Å²) in [5, 5.41) is 1.11. The van der Waals surface area contributed by atoms with Crippen LogP contribution in [-0.4, -0.2) is 9.70 Å². The second-order valence-corrected chi connectivity index (χ2v) is 4.56. The Morgan fingerprint density at radius 3 is 3.00 bits per heavy atom. The zero-order chi connectivity index (χ0) is 8.81. The van der Waals surface area contributed by atoms with Crippen molar-refractivity contribution in [3.8, 4) is 0 Å². The summed E-state index contributed by atoms with van der Waals surface area (Å²) in [4.78, 5) is 1.41. The lowest BCUT2D eigenvalue weighted by atomic mass is 10.0. The van der Waals surface area contributed by atoms with Gasteiger partial charge in [-0.3, -0.25) is 0 Å². The van der Waals surface area contributed by atoms with E-state index in [2.05, 4.69) is 33.3 Å². The van der Waals surface area contributed by atoms with Gasteiger partial charge in [-0.1, -0.05) is 29.3 Å². The number of hydrogen-bond donors (Lipinski definition) is 0. The van der Waals surface area contributed by atoms with Gasteiger partial charge in [0.25, 0.3) is 0 Å². The topological polar surface area (TPSA) is 12.9 Å². The third-order valence-corrected chi connectivity index (χ3v) is 3.58. The van der Waals surface area contributed by atoms with Gasteiger partial charge in [-0.25, -0.2) is 4.37 Å². The smallest absolute Gasteiger partial charge is 0.0409 e. The van der Waals surface area contributed by atoms with E-state index >= 15 is 0 Å². The van der Waals surface area contributed by atoms with Crippen molar-refractivity contribution in [2.75, 3.05) is 5.33 Å². The van der Waals surface area contributed by atoms with Crippen LogP contribution in [0, 0.1) is 5.92 Å². The maximum absolute atomic E-state index is 4.10. The summed E-state index contributed by atoms with van der Waals surface area (Å²) in [6.45, 7) is 2.24. The predicted octanol–water partition coefficient (Wildman–Crippen LogP) is 3.50. The molecule has 0 fully saturated rings. The Balaban J connectivity index is 2.37. The first-order valence-electron chi connectivity index (χ1n) is 4.32. The normalized spacial score (nSPS) is 13.2. The molecule has 0 aromatic carbocycles. The average molecular weight is 248 g/mol. The molecule has 0 saturated heterocycles. The van der Waals surface area contributed by atoms with Crippen LogP contribution in [0.15, 0.2) is 12.3 Å². The molecular formula is C9H14BrNS. The van der Waals surface area contributed by atoms with E-state index in [4.69, 9.17) is 0 Å². The molecule has 0 aliphatic rings. The van der Waals surface area contributed by atoms with Crippen molar-refractivity contribution in [2.45, 2.75) is 26.2 Å². The molecular weight excluding hydrogens is 234 g/mol. The van der Waals surface area contributed by atoms with Crippen LogP contribution in [-0.2, 0) is 6.42 Å². The zero-order valence-corrected chi connectivity index (χ0v) is 9.70. The number of halogens is 1. The standard InChI is InChI=1S/C9H14BrNS/c1-2-3-8(7-10)6-9-4-5-11-12-9/h4-5,8H,2-3,6-7H2,1H3. The van der Waals surface area contributed by atoms with Gasteiger partial charge in [-0.2, -0.15) is 0 Å². The number of alkyl halides is 1. The van der Waals surface area contributed by atoms with Gasteiger partial charge in [0.15, 0.2) is 0 Å². The van der Waals surface area contributed by atoms with Crippen LogP contribution in [0.5, 0.6) is 0 Å². The summed E-state index contributed by atoms with van der Waals surface area (Å²) in [5.41, 5.74) is 0. The molecule has 1 aromatic rings. The lowest BCUT2D eigenvalue weighted by molar-refractivity contribution is 0.538. The van der Waals surface area contributed by atoms with E-state index in [1.54, 1.807) is 11.5 Å². The second-order valence-electron chi connectivity index (χ2n) is 2.99. The summed E-state index contributed by atoms with van der Waals surface area (Å²) in [7, 11) is 0. The van der Waals surface area contributed by atoms with Gasteiger partial charge in [-0.15, -0.1) is 0 Å². The summed E-state index contributed by atoms with van der Waals surface area (Å²) < 4.78 is 4.10. The van der Waals surface area contributed by atoms with E-state index in [1.165, 1.54) is 24.1 Å². The van der Waals surface area contributed by atoms with E-state index in [0.717, 1.165) is 11.2 Å². The van der Waals surface area contributed by atoms with Crippen molar-refractivity contribution < 1.29 is 0 Å². The molecule has 0 spiro atoms. The Morgan fingerprint density at radius 1 is 1.67 bits per heavy atom. The molecule has 1 rings (SSSR count). The molecule has 12 heavy (non-hydrogen) atoms. The number of aromatic nitrogens is 1. The minimum absolute atomic E-state index is 0.787. The van der Waals surface area contributed by atoms with Crippen LogP contribution in [0.2, 0.25) is 0 Å². The third-order valence-electron chi connectivity index (χ3n) is 1.90. The van der Waals surface area contributed by atoms with Crippen LogP contribution in [0.3, 0.4) is 0 Å². The van der Waals surface area contributed by atoms with E-state index in [-0.39, 0.29) is 0 Å². The molecule has 3 heteroatoms. The fourth-order valence-corrected chi connectivity index (χ4v) is 2.52. The second kappa shape index (κ2) is 5.70. The summed E-state index contributed by atoms with van der Waals surface area (Å²) in [6, 6.07) is 2.12. The number of nitrogens with zero attached hydrogens (tertiary/aromatic N) is 1. The molecule has 0 N–H and O–H groups in total. The highest BCUT2D eigenvalue weighted by Gasteiger charge is 2.07. The first kappa shape index (κ1) is 10.2. The summed E-state index contributed by atoms with van der Waals surface area (Å²) in [6.07, 6.45) is 5.65. The largest absolute Gasteiger partial charge is 0.201 e. The Morgan fingerprint density at radius 2 is 2.50 bits per heavy atom. The summed E-state index contributed by atoms with van der Waals surface area (Å²) >= 11 is 5.17. The Bertz CT molecular complexity index is 198. The minimum Gasteiger partial charge on any atom is -0.201 e. The molecule has 0 amide bonds. The SMILES string of the molecule is CCCC(CBr)Cc1ccns1. The molecule has 1 heterocycles. The molecule has 68 valence electrons. The van der Waals surface area contributed by atoms with E-state index < -0.39 is 0 Å². The van der Waals surface area contributed by atoms with Crippen molar-refractivity contribution in [1.29, 1.82) is 0 Å². The molecule has 0 aliphatic heterocycles.